The largest absolute Gasteiger partial charge is 0.0654 e. The van der Waals surface area contributed by atoms with Gasteiger partial charge in [0.2, 0.25) is 0 Å². The summed E-state index contributed by atoms with van der Waals surface area (Å²) in [5, 5.41) is 0. The molecule has 0 aromatic heterocycles. The van der Waals surface area contributed by atoms with Crippen molar-refractivity contribution >= 4 is 0 Å². The SMILES string of the molecule is CCCCCCCCCC1(CCCCC2(c3ccc(CC)cc3)CCCCC2)CCCCC1. The highest BCUT2D eigenvalue weighted by molar-refractivity contribution is 5.30. The Labute approximate surface area is 207 Å². The van der Waals surface area contributed by atoms with E-state index in [0.29, 0.717) is 10.8 Å². The van der Waals surface area contributed by atoms with Crippen molar-refractivity contribution in [1.82, 2.24) is 0 Å². The van der Waals surface area contributed by atoms with Crippen molar-refractivity contribution in [1.29, 1.82) is 0 Å². The second-order valence-corrected chi connectivity index (χ2v) is 12.0. The molecular weight excluding hydrogens is 396 g/mol. The zero-order valence-corrected chi connectivity index (χ0v) is 22.6. The van der Waals surface area contributed by atoms with Crippen LogP contribution >= 0.6 is 0 Å². The molecule has 1 aromatic rings. The highest BCUT2D eigenvalue weighted by atomic mass is 14.4. The molecule has 33 heavy (non-hydrogen) atoms. The van der Waals surface area contributed by atoms with Gasteiger partial charge in [-0.1, -0.05) is 134 Å². The predicted octanol–water partition coefficient (Wildman–Crippen LogP) is 11.1. The molecule has 0 radical (unpaired) electrons. The molecule has 188 valence electrons. The van der Waals surface area contributed by atoms with Gasteiger partial charge in [-0.2, -0.15) is 0 Å². The summed E-state index contributed by atoms with van der Waals surface area (Å²) >= 11 is 0. The van der Waals surface area contributed by atoms with E-state index in [0.717, 1.165) is 6.42 Å². The van der Waals surface area contributed by atoms with E-state index in [-0.39, 0.29) is 0 Å². The number of aryl methyl sites for hydroxylation is 1. The molecule has 1 aromatic carbocycles. The number of benzene rings is 1. The first kappa shape index (κ1) is 26.8. The normalized spacial score (nSPS) is 20.1. The third-order valence-corrected chi connectivity index (χ3v) is 9.62. The van der Waals surface area contributed by atoms with Gasteiger partial charge < -0.3 is 0 Å². The number of unbranched alkanes of at least 4 members (excludes halogenated alkanes) is 7. The quantitative estimate of drug-likeness (QED) is 0.232. The van der Waals surface area contributed by atoms with Crippen LogP contribution in [0.4, 0.5) is 0 Å². The maximum absolute atomic E-state index is 2.49. The van der Waals surface area contributed by atoms with Gasteiger partial charge in [0, 0.05) is 0 Å². The number of hydrogen-bond donors (Lipinski definition) is 0. The summed E-state index contributed by atoms with van der Waals surface area (Å²) in [5.41, 5.74) is 4.36. The van der Waals surface area contributed by atoms with E-state index in [1.807, 2.05) is 0 Å². The zero-order valence-electron chi connectivity index (χ0n) is 22.6. The van der Waals surface area contributed by atoms with Gasteiger partial charge in [0.05, 0.1) is 0 Å². The highest BCUT2D eigenvalue weighted by Gasteiger charge is 2.34. The monoisotopic (exact) mass is 452 g/mol. The third-order valence-electron chi connectivity index (χ3n) is 9.62. The average molecular weight is 453 g/mol. The molecule has 2 aliphatic rings. The van der Waals surface area contributed by atoms with E-state index in [4.69, 9.17) is 0 Å². The molecule has 0 heterocycles. The van der Waals surface area contributed by atoms with Crippen molar-refractivity contribution in [2.45, 2.75) is 167 Å². The van der Waals surface area contributed by atoms with Crippen molar-refractivity contribution in [3.8, 4) is 0 Å². The molecule has 0 atom stereocenters. The maximum Gasteiger partial charge on any atom is -0.00470 e. The molecule has 0 bridgehead atoms. The summed E-state index contributed by atoms with van der Waals surface area (Å²) in [5.74, 6) is 0. The fraction of sp³-hybridized carbons (Fsp3) is 0.818. The molecule has 0 nitrogen and oxygen atoms in total. The Bertz CT molecular complexity index is 612. The van der Waals surface area contributed by atoms with E-state index in [2.05, 4.69) is 38.1 Å². The molecule has 3 rings (SSSR count). The van der Waals surface area contributed by atoms with Gasteiger partial charge in [-0.05, 0) is 73.3 Å². The third kappa shape index (κ3) is 8.43. The van der Waals surface area contributed by atoms with Crippen LogP contribution in [0.25, 0.3) is 0 Å². The lowest BCUT2D eigenvalue weighted by Gasteiger charge is -2.40. The van der Waals surface area contributed by atoms with Crippen molar-refractivity contribution in [3.63, 3.8) is 0 Å². The summed E-state index contributed by atoms with van der Waals surface area (Å²) in [6.45, 7) is 4.60. The highest BCUT2D eigenvalue weighted by Crippen LogP contribution is 2.47. The first-order valence-electron chi connectivity index (χ1n) is 15.3. The summed E-state index contributed by atoms with van der Waals surface area (Å²) in [4.78, 5) is 0. The van der Waals surface area contributed by atoms with Crippen LogP contribution < -0.4 is 0 Å². The van der Waals surface area contributed by atoms with E-state index < -0.39 is 0 Å². The lowest BCUT2D eigenvalue weighted by molar-refractivity contribution is 0.143. The van der Waals surface area contributed by atoms with Crippen molar-refractivity contribution < 1.29 is 0 Å². The molecule has 2 saturated carbocycles. The zero-order chi connectivity index (χ0) is 23.2. The van der Waals surface area contributed by atoms with Crippen LogP contribution in [-0.4, -0.2) is 0 Å². The standard InChI is InChI=1S/C33H56/c1-3-5-6-7-8-9-12-23-32(24-13-10-14-25-32)26-17-18-29-33(27-15-11-16-28-33)31-21-19-30(4-2)20-22-31/h19-22H,3-18,23-29H2,1-2H3. The molecular formula is C33H56. The minimum atomic E-state index is 0.489. The van der Waals surface area contributed by atoms with E-state index in [1.54, 1.807) is 5.56 Å². The van der Waals surface area contributed by atoms with Crippen LogP contribution in [0.1, 0.15) is 166 Å². The van der Waals surface area contributed by atoms with E-state index >= 15 is 0 Å². The van der Waals surface area contributed by atoms with Crippen molar-refractivity contribution in [2.75, 3.05) is 0 Å². The van der Waals surface area contributed by atoms with Crippen LogP contribution in [0.5, 0.6) is 0 Å². The summed E-state index contributed by atoms with van der Waals surface area (Å²) in [7, 11) is 0. The molecule has 0 spiro atoms. The molecule has 0 heteroatoms. The summed E-state index contributed by atoms with van der Waals surface area (Å²) in [6, 6.07) is 9.80. The molecule has 0 aliphatic heterocycles. The first-order valence-corrected chi connectivity index (χ1v) is 15.3. The molecule has 0 amide bonds. The predicted molar refractivity (Wildman–Crippen MR) is 147 cm³/mol. The smallest absolute Gasteiger partial charge is 0.00470 e. The molecule has 2 fully saturated rings. The Morgan fingerprint density at radius 3 is 1.67 bits per heavy atom. The minimum Gasteiger partial charge on any atom is -0.0654 e. The van der Waals surface area contributed by atoms with Gasteiger partial charge in [0.25, 0.3) is 0 Å². The minimum absolute atomic E-state index is 0.489. The van der Waals surface area contributed by atoms with Gasteiger partial charge >= 0.3 is 0 Å². The topological polar surface area (TPSA) is 0 Å². The number of hydrogen-bond acceptors (Lipinski definition) is 0. The van der Waals surface area contributed by atoms with Gasteiger partial charge in [0.15, 0.2) is 0 Å². The number of rotatable bonds is 15. The Kier molecular flexibility index (Phi) is 11.8. The fourth-order valence-corrected chi connectivity index (χ4v) is 7.35. The molecule has 0 N–H and O–H groups in total. The lowest BCUT2D eigenvalue weighted by atomic mass is 9.65. The first-order chi connectivity index (χ1) is 16.2. The van der Waals surface area contributed by atoms with Crippen LogP contribution in [-0.2, 0) is 11.8 Å². The van der Waals surface area contributed by atoms with Crippen LogP contribution in [0.2, 0.25) is 0 Å². The Balaban J connectivity index is 1.48. The lowest BCUT2D eigenvalue weighted by Crippen LogP contribution is -2.29. The summed E-state index contributed by atoms with van der Waals surface area (Å²) in [6.07, 6.45) is 33.6. The Morgan fingerprint density at radius 2 is 1.06 bits per heavy atom. The van der Waals surface area contributed by atoms with Crippen molar-refractivity contribution in [3.05, 3.63) is 35.4 Å². The van der Waals surface area contributed by atoms with Crippen LogP contribution in [0.3, 0.4) is 0 Å². The Hall–Kier alpha value is -0.780. The molecule has 0 saturated heterocycles. The van der Waals surface area contributed by atoms with Gasteiger partial charge in [-0.15, -0.1) is 0 Å². The Morgan fingerprint density at radius 1 is 0.545 bits per heavy atom. The van der Waals surface area contributed by atoms with Gasteiger partial charge in [0.1, 0.15) is 0 Å². The van der Waals surface area contributed by atoms with Crippen LogP contribution in [0.15, 0.2) is 24.3 Å². The van der Waals surface area contributed by atoms with E-state index in [1.165, 1.54) is 147 Å². The fourth-order valence-electron chi connectivity index (χ4n) is 7.35. The molecule has 2 aliphatic carbocycles. The second kappa shape index (κ2) is 14.6. The van der Waals surface area contributed by atoms with Crippen LogP contribution in [0, 0.1) is 5.41 Å². The molecule has 0 unspecified atom stereocenters. The summed E-state index contributed by atoms with van der Waals surface area (Å²) < 4.78 is 0. The van der Waals surface area contributed by atoms with Crippen molar-refractivity contribution in [2.24, 2.45) is 5.41 Å². The van der Waals surface area contributed by atoms with Gasteiger partial charge in [-0.25, -0.2) is 0 Å². The average Bonchev–Trinajstić information content (AvgIpc) is 2.87. The van der Waals surface area contributed by atoms with E-state index in [9.17, 15) is 0 Å². The second-order valence-electron chi connectivity index (χ2n) is 12.0. The van der Waals surface area contributed by atoms with Gasteiger partial charge in [-0.3, -0.25) is 0 Å². The maximum atomic E-state index is 2.49.